The highest BCUT2D eigenvalue weighted by atomic mass is 127. The molecule has 1 heterocycles. The summed E-state index contributed by atoms with van der Waals surface area (Å²) in [5, 5.41) is 6.78. The van der Waals surface area contributed by atoms with Crippen LogP contribution >= 0.6 is 24.0 Å². The van der Waals surface area contributed by atoms with E-state index in [0.29, 0.717) is 12.0 Å². The van der Waals surface area contributed by atoms with E-state index in [-0.39, 0.29) is 24.0 Å². The van der Waals surface area contributed by atoms with Gasteiger partial charge in [-0.1, -0.05) is 32.6 Å². The number of halogens is 1. The summed E-state index contributed by atoms with van der Waals surface area (Å²) in [6.45, 7) is 11.4. The van der Waals surface area contributed by atoms with E-state index in [1.165, 1.54) is 58.0 Å². The molecule has 0 spiro atoms. The summed E-state index contributed by atoms with van der Waals surface area (Å²) in [6.07, 6.45) is 9.66. The molecule has 0 aromatic rings. The van der Waals surface area contributed by atoms with Crippen LogP contribution in [0.25, 0.3) is 0 Å². The van der Waals surface area contributed by atoms with Crippen molar-refractivity contribution in [2.45, 2.75) is 64.9 Å². The number of nitrogens with zero attached hydrogens (tertiary/aromatic N) is 2. The van der Waals surface area contributed by atoms with Crippen LogP contribution in [0.1, 0.15) is 58.8 Å². The number of guanidine groups is 1. The van der Waals surface area contributed by atoms with E-state index in [1.807, 2.05) is 0 Å². The second-order valence-electron chi connectivity index (χ2n) is 7.18. The van der Waals surface area contributed by atoms with E-state index < -0.39 is 0 Å². The smallest absolute Gasteiger partial charge is 0.191 e. The van der Waals surface area contributed by atoms with Gasteiger partial charge in [0.1, 0.15) is 0 Å². The van der Waals surface area contributed by atoms with Crippen molar-refractivity contribution >= 4 is 29.9 Å². The molecule has 0 bridgehead atoms. The molecule has 1 aliphatic heterocycles. The molecule has 1 saturated heterocycles. The van der Waals surface area contributed by atoms with Crippen LogP contribution in [0.15, 0.2) is 4.99 Å². The molecule has 0 radical (unpaired) electrons. The Morgan fingerprint density at radius 2 is 1.84 bits per heavy atom. The molecule has 148 valence electrons. The van der Waals surface area contributed by atoms with Crippen molar-refractivity contribution in [1.82, 2.24) is 15.5 Å². The largest absolute Gasteiger partial charge is 0.376 e. The number of rotatable bonds is 8. The molecule has 5 nitrogen and oxygen atoms in total. The fourth-order valence-electron chi connectivity index (χ4n) is 3.71. The van der Waals surface area contributed by atoms with Gasteiger partial charge >= 0.3 is 0 Å². The number of likely N-dealkylation sites (tertiary alicyclic amines) is 1. The normalized spacial score (nSPS) is 23.1. The van der Waals surface area contributed by atoms with Gasteiger partial charge in [-0.15, -0.1) is 24.0 Å². The number of hydrogen-bond donors (Lipinski definition) is 2. The van der Waals surface area contributed by atoms with Crippen molar-refractivity contribution in [2.75, 3.05) is 45.9 Å². The zero-order valence-corrected chi connectivity index (χ0v) is 18.6. The zero-order chi connectivity index (χ0) is 17.0. The van der Waals surface area contributed by atoms with Crippen molar-refractivity contribution in [2.24, 2.45) is 10.9 Å². The van der Waals surface area contributed by atoms with Crippen LogP contribution in [0.5, 0.6) is 0 Å². The minimum Gasteiger partial charge on any atom is -0.376 e. The Morgan fingerprint density at radius 3 is 2.48 bits per heavy atom. The second kappa shape index (κ2) is 14.0. The number of aliphatic imine (C=N–C) groups is 1. The summed E-state index contributed by atoms with van der Waals surface area (Å²) in [7, 11) is 0. The summed E-state index contributed by atoms with van der Waals surface area (Å²) in [4.78, 5) is 7.29. The van der Waals surface area contributed by atoms with Crippen LogP contribution in [0.3, 0.4) is 0 Å². The van der Waals surface area contributed by atoms with Crippen molar-refractivity contribution < 1.29 is 4.74 Å². The Kier molecular flexibility index (Phi) is 12.9. The molecule has 2 aliphatic rings. The van der Waals surface area contributed by atoms with E-state index in [2.05, 4.69) is 29.4 Å². The maximum atomic E-state index is 6.05. The van der Waals surface area contributed by atoms with Gasteiger partial charge in [-0.25, -0.2) is 0 Å². The Morgan fingerprint density at radius 1 is 1.08 bits per heavy atom. The molecule has 1 atom stereocenters. The minimum atomic E-state index is 0. The molecule has 0 aromatic heterocycles. The maximum Gasteiger partial charge on any atom is 0.191 e. The van der Waals surface area contributed by atoms with E-state index in [0.717, 1.165) is 38.7 Å². The fourth-order valence-corrected chi connectivity index (χ4v) is 3.71. The molecule has 2 rings (SSSR count). The van der Waals surface area contributed by atoms with Gasteiger partial charge < -0.3 is 20.3 Å². The van der Waals surface area contributed by atoms with Gasteiger partial charge in [-0.3, -0.25) is 4.99 Å². The highest BCUT2D eigenvalue weighted by Gasteiger charge is 2.20. The number of hydrogen-bond acceptors (Lipinski definition) is 3. The molecular weight excluding hydrogens is 427 g/mol. The quantitative estimate of drug-likeness (QED) is 0.190. The van der Waals surface area contributed by atoms with Crippen LogP contribution in [0.4, 0.5) is 0 Å². The lowest BCUT2D eigenvalue weighted by atomic mass is 10.1. The third-order valence-corrected chi connectivity index (χ3v) is 5.22. The summed E-state index contributed by atoms with van der Waals surface area (Å²) in [5.74, 6) is 1.65. The highest BCUT2D eigenvalue weighted by Crippen LogP contribution is 2.19. The average molecular weight is 466 g/mol. The van der Waals surface area contributed by atoms with Crippen molar-refractivity contribution in [3.63, 3.8) is 0 Å². The molecule has 2 N–H and O–H groups in total. The lowest BCUT2D eigenvalue weighted by molar-refractivity contribution is 0.0468. The summed E-state index contributed by atoms with van der Waals surface area (Å²) >= 11 is 0. The molecule has 25 heavy (non-hydrogen) atoms. The van der Waals surface area contributed by atoms with Gasteiger partial charge in [-0.2, -0.15) is 0 Å². The minimum absolute atomic E-state index is 0. The first-order chi connectivity index (χ1) is 11.8. The van der Waals surface area contributed by atoms with Gasteiger partial charge in [0.15, 0.2) is 5.96 Å². The van der Waals surface area contributed by atoms with Gasteiger partial charge in [0.05, 0.1) is 12.7 Å². The Hall–Kier alpha value is -0.0800. The molecule has 0 amide bonds. The summed E-state index contributed by atoms with van der Waals surface area (Å²) in [5.41, 5.74) is 0. The zero-order valence-electron chi connectivity index (χ0n) is 16.3. The first-order valence-electron chi connectivity index (χ1n) is 10.2. The van der Waals surface area contributed by atoms with E-state index in [4.69, 9.17) is 9.73 Å². The van der Waals surface area contributed by atoms with Crippen molar-refractivity contribution in [3.8, 4) is 0 Å². The molecule has 2 fully saturated rings. The Balaban J connectivity index is 0.00000312. The van der Waals surface area contributed by atoms with Crippen molar-refractivity contribution in [1.29, 1.82) is 0 Å². The first kappa shape index (κ1) is 23.0. The number of ether oxygens (including phenoxy) is 1. The van der Waals surface area contributed by atoms with E-state index in [1.54, 1.807) is 0 Å². The van der Waals surface area contributed by atoms with Crippen LogP contribution in [0, 0.1) is 5.92 Å². The SMILES string of the molecule is CCNC(=NCC1CCN(CC)C1)NCCOC1CCCCCC1.I. The van der Waals surface area contributed by atoms with Crippen molar-refractivity contribution in [3.05, 3.63) is 0 Å². The Labute approximate surface area is 171 Å². The van der Waals surface area contributed by atoms with Gasteiger partial charge in [0, 0.05) is 26.2 Å². The van der Waals surface area contributed by atoms with Gasteiger partial charge in [0.25, 0.3) is 0 Å². The van der Waals surface area contributed by atoms with Crippen LogP contribution in [-0.2, 0) is 4.74 Å². The molecule has 6 heteroatoms. The fraction of sp³-hybridized carbons (Fsp3) is 0.947. The lowest BCUT2D eigenvalue weighted by Gasteiger charge is -2.17. The average Bonchev–Trinajstić information content (AvgIpc) is 2.91. The van der Waals surface area contributed by atoms with Gasteiger partial charge in [0.2, 0.25) is 0 Å². The predicted octanol–water partition coefficient (Wildman–Crippen LogP) is 3.24. The molecule has 1 saturated carbocycles. The molecule has 1 aliphatic carbocycles. The predicted molar refractivity (Wildman–Crippen MR) is 117 cm³/mol. The molecule has 0 aromatic carbocycles. The number of nitrogens with one attached hydrogen (secondary N) is 2. The lowest BCUT2D eigenvalue weighted by Crippen LogP contribution is -2.39. The molecule has 1 unspecified atom stereocenters. The summed E-state index contributed by atoms with van der Waals surface area (Å²) < 4.78 is 6.05. The summed E-state index contributed by atoms with van der Waals surface area (Å²) in [6, 6.07) is 0. The van der Waals surface area contributed by atoms with Gasteiger partial charge in [-0.05, 0) is 45.2 Å². The monoisotopic (exact) mass is 466 g/mol. The molecular formula is C19H39IN4O. The second-order valence-corrected chi connectivity index (χ2v) is 7.18. The Bertz CT molecular complexity index is 359. The van der Waals surface area contributed by atoms with E-state index >= 15 is 0 Å². The topological polar surface area (TPSA) is 48.9 Å². The first-order valence-corrected chi connectivity index (χ1v) is 10.2. The highest BCUT2D eigenvalue weighted by molar-refractivity contribution is 14.0. The van der Waals surface area contributed by atoms with Crippen LogP contribution < -0.4 is 10.6 Å². The maximum absolute atomic E-state index is 6.05. The standard InChI is InChI=1S/C19H38N4O.HI/c1-3-20-19(22-15-17-11-13-23(4-2)16-17)21-12-14-24-18-9-7-5-6-8-10-18;/h17-18H,3-16H2,1-2H3,(H2,20,21,22);1H. The van der Waals surface area contributed by atoms with Crippen LogP contribution in [0.2, 0.25) is 0 Å². The third-order valence-electron chi connectivity index (χ3n) is 5.22. The van der Waals surface area contributed by atoms with Crippen LogP contribution in [-0.4, -0.2) is 62.8 Å². The third kappa shape index (κ3) is 9.43. The van der Waals surface area contributed by atoms with E-state index in [9.17, 15) is 0 Å².